The predicted molar refractivity (Wildman–Crippen MR) is 72.1 cm³/mol. The summed E-state index contributed by atoms with van der Waals surface area (Å²) >= 11 is 5.85. The zero-order chi connectivity index (χ0) is 13.0. The van der Waals surface area contributed by atoms with Gasteiger partial charge in [0.05, 0.1) is 12.3 Å². The Bertz CT molecular complexity index is 420. The summed E-state index contributed by atoms with van der Waals surface area (Å²) in [6.07, 6.45) is 0.851. The minimum Gasteiger partial charge on any atom is -0.395 e. The smallest absolute Gasteiger partial charge is 0.145 e. The average molecular weight is 269 g/mol. The van der Waals surface area contributed by atoms with Gasteiger partial charge in [0, 0.05) is 24.5 Å². The van der Waals surface area contributed by atoms with Crippen molar-refractivity contribution in [2.24, 2.45) is 5.16 Å². The number of nitrogens with zero attached hydrogens (tertiary/aromatic N) is 2. The molecule has 1 heterocycles. The molecule has 0 aliphatic carbocycles. The highest BCUT2D eigenvalue weighted by molar-refractivity contribution is 6.30. The standard InChI is InChI=1S/C13H17ClN2O2/c1-16(6-7-17)9-12-8-13(15-18-12)10-2-4-11(14)5-3-10/h2-5,12,17H,6-9H2,1H3. The lowest BCUT2D eigenvalue weighted by Gasteiger charge is -2.18. The van der Waals surface area contributed by atoms with Gasteiger partial charge in [-0.25, -0.2) is 0 Å². The lowest BCUT2D eigenvalue weighted by atomic mass is 10.1. The molecule has 0 bridgehead atoms. The highest BCUT2D eigenvalue weighted by Crippen LogP contribution is 2.19. The molecule has 0 saturated carbocycles. The van der Waals surface area contributed by atoms with Gasteiger partial charge in [0.25, 0.3) is 0 Å². The van der Waals surface area contributed by atoms with Gasteiger partial charge in [-0.3, -0.25) is 0 Å². The van der Waals surface area contributed by atoms with Gasteiger partial charge in [-0.05, 0) is 24.7 Å². The number of hydrogen-bond acceptors (Lipinski definition) is 4. The third-order valence-electron chi connectivity index (χ3n) is 2.91. The van der Waals surface area contributed by atoms with Gasteiger partial charge in [-0.1, -0.05) is 28.9 Å². The fourth-order valence-corrected chi connectivity index (χ4v) is 2.07. The first kappa shape index (κ1) is 13.3. The molecule has 1 aromatic rings. The van der Waals surface area contributed by atoms with Gasteiger partial charge in [-0.2, -0.15) is 0 Å². The molecule has 1 aromatic carbocycles. The van der Waals surface area contributed by atoms with Crippen LogP contribution in [0.2, 0.25) is 5.02 Å². The van der Waals surface area contributed by atoms with E-state index >= 15 is 0 Å². The van der Waals surface area contributed by atoms with Crippen molar-refractivity contribution in [1.82, 2.24) is 4.90 Å². The lowest BCUT2D eigenvalue weighted by Crippen LogP contribution is -2.31. The van der Waals surface area contributed by atoms with Crippen molar-refractivity contribution in [2.45, 2.75) is 12.5 Å². The second kappa shape index (κ2) is 6.18. The first-order chi connectivity index (χ1) is 8.69. The minimum atomic E-state index is 0.0622. The summed E-state index contributed by atoms with van der Waals surface area (Å²) in [6.45, 7) is 1.57. The van der Waals surface area contributed by atoms with Gasteiger partial charge in [0.1, 0.15) is 6.10 Å². The number of benzene rings is 1. The molecule has 5 heteroatoms. The number of rotatable bonds is 5. The van der Waals surface area contributed by atoms with Crippen LogP contribution in [0.15, 0.2) is 29.4 Å². The van der Waals surface area contributed by atoms with Gasteiger partial charge < -0.3 is 14.8 Å². The summed E-state index contributed by atoms with van der Waals surface area (Å²) in [7, 11) is 1.96. The van der Waals surface area contributed by atoms with E-state index in [1.165, 1.54) is 0 Å². The Morgan fingerprint density at radius 1 is 1.44 bits per heavy atom. The van der Waals surface area contributed by atoms with Crippen molar-refractivity contribution in [1.29, 1.82) is 0 Å². The topological polar surface area (TPSA) is 45.1 Å². The molecule has 1 unspecified atom stereocenters. The molecule has 98 valence electrons. The Morgan fingerprint density at radius 3 is 2.83 bits per heavy atom. The van der Waals surface area contributed by atoms with Crippen molar-refractivity contribution in [3.8, 4) is 0 Å². The zero-order valence-corrected chi connectivity index (χ0v) is 11.1. The average Bonchev–Trinajstić information content (AvgIpc) is 2.78. The normalized spacial score (nSPS) is 18.9. The van der Waals surface area contributed by atoms with Crippen LogP contribution < -0.4 is 0 Å². The molecule has 1 aliphatic rings. The number of aliphatic hydroxyl groups excluding tert-OH is 1. The number of aliphatic hydroxyl groups is 1. The monoisotopic (exact) mass is 268 g/mol. The van der Waals surface area contributed by atoms with Gasteiger partial charge >= 0.3 is 0 Å². The van der Waals surface area contributed by atoms with Crippen LogP contribution in [-0.4, -0.2) is 48.6 Å². The Kier molecular flexibility index (Phi) is 4.58. The maximum absolute atomic E-state index is 8.84. The van der Waals surface area contributed by atoms with Crippen LogP contribution >= 0.6 is 11.6 Å². The molecule has 0 aromatic heterocycles. The number of likely N-dealkylation sites (N-methyl/N-ethyl adjacent to an activating group) is 1. The molecule has 0 saturated heterocycles. The largest absolute Gasteiger partial charge is 0.395 e. The fraction of sp³-hybridized carbons (Fsp3) is 0.462. The van der Waals surface area contributed by atoms with Crippen molar-refractivity contribution in [2.75, 3.05) is 26.7 Å². The Balaban J connectivity index is 1.89. The van der Waals surface area contributed by atoms with E-state index in [0.717, 1.165) is 29.3 Å². The fourth-order valence-electron chi connectivity index (χ4n) is 1.95. The first-order valence-corrected chi connectivity index (χ1v) is 6.35. The molecule has 0 amide bonds. The van der Waals surface area contributed by atoms with Crippen LogP contribution in [-0.2, 0) is 4.84 Å². The van der Waals surface area contributed by atoms with Gasteiger partial charge in [-0.15, -0.1) is 0 Å². The van der Waals surface area contributed by atoms with E-state index in [1.807, 2.05) is 36.2 Å². The van der Waals surface area contributed by atoms with Crippen molar-refractivity contribution in [3.05, 3.63) is 34.9 Å². The van der Waals surface area contributed by atoms with Crippen LogP contribution in [0.1, 0.15) is 12.0 Å². The van der Waals surface area contributed by atoms with Gasteiger partial charge in [0.2, 0.25) is 0 Å². The SMILES string of the molecule is CN(CCO)CC1CC(c2ccc(Cl)cc2)=NO1. The highest BCUT2D eigenvalue weighted by Gasteiger charge is 2.23. The molecular formula is C13H17ClN2O2. The molecule has 0 spiro atoms. The number of halogens is 1. The molecule has 1 atom stereocenters. The van der Waals surface area contributed by atoms with Crippen LogP contribution in [0.4, 0.5) is 0 Å². The van der Waals surface area contributed by atoms with E-state index < -0.39 is 0 Å². The van der Waals surface area contributed by atoms with Crippen LogP contribution in [0, 0.1) is 0 Å². The molecule has 0 radical (unpaired) electrons. The molecule has 2 rings (SSSR count). The Morgan fingerprint density at radius 2 is 2.17 bits per heavy atom. The highest BCUT2D eigenvalue weighted by atomic mass is 35.5. The van der Waals surface area contributed by atoms with Crippen molar-refractivity contribution in [3.63, 3.8) is 0 Å². The first-order valence-electron chi connectivity index (χ1n) is 5.97. The number of hydrogen-bond donors (Lipinski definition) is 1. The maximum Gasteiger partial charge on any atom is 0.145 e. The Labute approximate surface area is 112 Å². The van der Waals surface area contributed by atoms with Crippen molar-refractivity contribution < 1.29 is 9.94 Å². The van der Waals surface area contributed by atoms with E-state index in [9.17, 15) is 0 Å². The summed E-state index contributed by atoms with van der Waals surface area (Å²) in [5.41, 5.74) is 2.00. The van der Waals surface area contributed by atoms with E-state index in [-0.39, 0.29) is 12.7 Å². The summed E-state index contributed by atoms with van der Waals surface area (Å²) in [5.74, 6) is 0. The second-order valence-corrected chi connectivity index (χ2v) is 4.90. The summed E-state index contributed by atoms with van der Waals surface area (Å²) in [6, 6.07) is 7.60. The van der Waals surface area contributed by atoms with E-state index in [2.05, 4.69) is 5.16 Å². The van der Waals surface area contributed by atoms with E-state index in [1.54, 1.807) is 0 Å². The molecule has 1 aliphatic heterocycles. The summed E-state index contributed by atoms with van der Waals surface area (Å²) < 4.78 is 0. The molecule has 18 heavy (non-hydrogen) atoms. The second-order valence-electron chi connectivity index (χ2n) is 4.46. The number of oxime groups is 1. The maximum atomic E-state index is 8.84. The third kappa shape index (κ3) is 3.45. The van der Waals surface area contributed by atoms with Gasteiger partial charge in [0.15, 0.2) is 0 Å². The minimum absolute atomic E-state index is 0.0622. The van der Waals surface area contributed by atoms with Crippen molar-refractivity contribution >= 4 is 17.3 Å². The zero-order valence-electron chi connectivity index (χ0n) is 10.3. The van der Waals surface area contributed by atoms with E-state index in [4.69, 9.17) is 21.5 Å². The van der Waals surface area contributed by atoms with Crippen LogP contribution in [0.3, 0.4) is 0 Å². The summed E-state index contributed by atoms with van der Waals surface area (Å²) in [5, 5.41) is 13.7. The third-order valence-corrected chi connectivity index (χ3v) is 3.16. The van der Waals surface area contributed by atoms with Crippen LogP contribution in [0.5, 0.6) is 0 Å². The van der Waals surface area contributed by atoms with E-state index in [0.29, 0.717) is 6.54 Å². The van der Waals surface area contributed by atoms with Crippen LogP contribution in [0.25, 0.3) is 0 Å². The lowest BCUT2D eigenvalue weighted by molar-refractivity contribution is 0.0553. The summed E-state index contributed by atoms with van der Waals surface area (Å²) in [4.78, 5) is 7.43. The Hall–Kier alpha value is -1.10. The molecule has 4 nitrogen and oxygen atoms in total. The quantitative estimate of drug-likeness (QED) is 0.885. The molecular weight excluding hydrogens is 252 g/mol. The molecule has 0 fully saturated rings. The molecule has 1 N–H and O–H groups in total. The predicted octanol–water partition coefficient (Wildman–Crippen LogP) is 1.76.